The van der Waals surface area contributed by atoms with E-state index in [1.165, 1.54) is 12.8 Å². The summed E-state index contributed by atoms with van der Waals surface area (Å²) in [7, 11) is 1.83. The van der Waals surface area contributed by atoms with Gasteiger partial charge in [-0.25, -0.2) is 0 Å². The Morgan fingerprint density at radius 1 is 1.05 bits per heavy atom. The lowest BCUT2D eigenvalue weighted by Crippen LogP contribution is -2.32. The molecule has 0 aliphatic carbocycles. The highest BCUT2D eigenvalue weighted by atomic mass is 15.3. The Morgan fingerprint density at radius 3 is 2.20 bits per heavy atom. The zero-order chi connectivity index (χ0) is 14.8. The highest BCUT2D eigenvalue weighted by Gasteiger charge is 2.22. The van der Waals surface area contributed by atoms with Gasteiger partial charge in [0, 0.05) is 26.2 Å². The van der Waals surface area contributed by atoms with Crippen LogP contribution in [0.5, 0.6) is 0 Å². The fourth-order valence-electron chi connectivity index (χ4n) is 2.01. The van der Waals surface area contributed by atoms with Gasteiger partial charge in [0.15, 0.2) is 0 Å². The van der Waals surface area contributed by atoms with E-state index in [2.05, 4.69) is 58.2 Å². The largest absolute Gasteiger partial charge is 0.357 e. The Bertz CT molecular complexity index is 447. The molecule has 1 atom stereocenters. The summed E-state index contributed by atoms with van der Waals surface area (Å²) in [6, 6.07) is 0.279. The normalized spacial score (nSPS) is 17.1. The van der Waals surface area contributed by atoms with Gasteiger partial charge >= 0.3 is 0 Å². The molecule has 6 nitrogen and oxygen atoms in total. The molecule has 1 aliphatic rings. The van der Waals surface area contributed by atoms with Gasteiger partial charge < -0.3 is 15.5 Å². The molecule has 1 unspecified atom stereocenters. The molecular formula is C14H26N6. The predicted octanol–water partition coefficient (Wildman–Crippen LogP) is 2.36. The first-order valence-electron chi connectivity index (χ1n) is 7.35. The Labute approximate surface area is 121 Å². The molecule has 0 amide bonds. The third kappa shape index (κ3) is 3.49. The molecule has 2 rings (SSSR count). The molecular weight excluding hydrogens is 252 g/mol. The van der Waals surface area contributed by atoms with Crippen molar-refractivity contribution < 1.29 is 0 Å². The minimum Gasteiger partial charge on any atom is -0.357 e. The van der Waals surface area contributed by atoms with Gasteiger partial charge in [0.2, 0.25) is 17.8 Å². The monoisotopic (exact) mass is 278 g/mol. The number of anilines is 3. The molecule has 20 heavy (non-hydrogen) atoms. The van der Waals surface area contributed by atoms with Crippen LogP contribution in [0.25, 0.3) is 0 Å². The third-order valence-electron chi connectivity index (χ3n) is 3.88. The first kappa shape index (κ1) is 14.8. The average molecular weight is 278 g/mol. The Kier molecular flexibility index (Phi) is 4.30. The molecule has 0 aromatic carbocycles. The number of aromatic nitrogens is 3. The van der Waals surface area contributed by atoms with Crippen molar-refractivity contribution in [1.82, 2.24) is 15.0 Å². The van der Waals surface area contributed by atoms with Crippen molar-refractivity contribution >= 4 is 17.8 Å². The van der Waals surface area contributed by atoms with Crippen molar-refractivity contribution in [3.8, 4) is 0 Å². The summed E-state index contributed by atoms with van der Waals surface area (Å²) in [5, 5.41) is 6.41. The quantitative estimate of drug-likeness (QED) is 0.881. The Morgan fingerprint density at radius 2 is 1.65 bits per heavy atom. The van der Waals surface area contributed by atoms with Crippen molar-refractivity contribution in [2.24, 2.45) is 5.41 Å². The maximum absolute atomic E-state index is 4.57. The smallest absolute Gasteiger partial charge is 0.231 e. The molecule has 0 spiro atoms. The second kappa shape index (κ2) is 5.81. The van der Waals surface area contributed by atoms with E-state index in [0.29, 0.717) is 11.9 Å². The van der Waals surface area contributed by atoms with Gasteiger partial charge in [-0.05, 0) is 25.2 Å². The van der Waals surface area contributed by atoms with Crippen molar-refractivity contribution in [3.05, 3.63) is 0 Å². The molecule has 0 bridgehead atoms. The molecule has 1 aromatic heterocycles. The molecule has 1 aliphatic heterocycles. The number of nitrogens with zero attached hydrogens (tertiary/aromatic N) is 4. The summed E-state index contributed by atoms with van der Waals surface area (Å²) in [4.78, 5) is 15.6. The maximum atomic E-state index is 4.57. The number of rotatable bonds is 4. The lowest BCUT2D eigenvalue weighted by molar-refractivity contribution is 0.358. The first-order valence-corrected chi connectivity index (χ1v) is 7.35. The van der Waals surface area contributed by atoms with Gasteiger partial charge in [-0.2, -0.15) is 15.0 Å². The van der Waals surface area contributed by atoms with Gasteiger partial charge in [-0.15, -0.1) is 0 Å². The van der Waals surface area contributed by atoms with Crippen LogP contribution in [0.2, 0.25) is 0 Å². The van der Waals surface area contributed by atoms with Crippen LogP contribution < -0.4 is 15.5 Å². The SMILES string of the molecule is CNc1nc(NC(C)C(C)(C)C)nc(N2CCCC2)n1. The van der Waals surface area contributed by atoms with E-state index in [1.807, 2.05) is 7.05 Å². The van der Waals surface area contributed by atoms with Crippen LogP contribution in [0, 0.1) is 5.41 Å². The third-order valence-corrected chi connectivity index (χ3v) is 3.88. The standard InChI is InChI=1S/C14H26N6/c1-10(14(2,3)4)16-12-17-11(15-5)18-13(19-12)20-8-6-7-9-20/h10H,6-9H2,1-5H3,(H2,15,16,17,18,19). The van der Waals surface area contributed by atoms with E-state index in [0.717, 1.165) is 19.0 Å². The maximum Gasteiger partial charge on any atom is 0.231 e. The first-order chi connectivity index (χ1) is 9.40. The molecule has 0 radical (unpaired) electrons. The highest BCUT2D eigenvalue weighted by molar-refractivity contribution is 5.44. The molecule has 1 aromatic rings. The Balaban J connectivity index is 2.21. The summed E-state index contributed by atoms with van der Waals surface area (Å²) in [5.41, 5.74) is 0.153. The van der Waals surface area contributed by atoms with Crippen molar-refractivity contribution in [3.63, 3.8) is 0 Å². The number of hydrogen-bond donors (Lipinski definition) is 2. The lowest BCUT2D eigenvalue weighted by Gasteiger charge is -2.28. The predicted molar refractivity (Wildman–Crippen MR) is 83.4 cm³/mol. The van der Waals surface area contributed by atoms with E-state index >= 15 is 0 Å². The summed E-state index contributed by atoms with van der Waals surface area (Å²) < 4.78 is 0. The van der Waals surface area contributed by atoms with E-state index in [1.54, 1.807) is 0 Å². The Hall–Kier alpha value is -1.59. The number of nitrogens with one attached hydrogen (secondary N) is 2. The molecule has 1 fully saturated rings. The van der Waals surface area contributed by atoms with Crippen LogP contribution >= 0.6 is 0 Å². The van der Waals surface area contributed by atoms with Crippen molar-refractivity contribution in [2.75, 3.05) is 35.7 Å². The van der Waals surface area contributed by atoms with Crippen molar-refractivity contribution in [2.45, 2.75) is 46.6 Å². The fourth-order valence-corrected chi connectivity index (χ4v) is 2.01. The summed E-state index contributed by atoms with van der Waals surface area (Å²) in [5.74, 6) is 2.03. The van der Waals surface area contributed by atoms with E-state index in [9.17, 15) is 0 Å². The minimum absolute atomic E-state index is 0.153. The summed E-state index contributed by atoms with van der Waals surface area (Å²) in [6.07, 6.45) is 2.42. The van der Waals surface area contributed by atoms with Crippen LogP contribution in [-0.2, 0) is 0 Å². The van der Waals surface area contributed by atoms with Crippen LogP contribution in [-0.4, -0.2) is 41.1 Å². The molecule has 1 saturated heterocycles. The zero-order valence-corrected chi connectivity index (χ0v) is 13.2. The minimum atomic E-state index is 0.153. The average Bonchev–Trinajstić information content (AvgIpc) is 2.91. The van der Waals surface area contributed by atoms with Gasteiger partial charge in [-0.3, -0.25) is 0 Å². The van der Waals surface area contributed by atoms with Crippen LogP contribution in [0.15, 0.2) is 0 Å². The fraction of sp³-hybridized carbons (Fsp3) is 0.786. The summed E-state index contributed by atoms with van der Waals surface area (Å²) >= 11 is 0. The second-order valence-corrected chi connectivity index (χ2v) is 6.46. The lowest BCUT2D eigenvalue weighted by atomic mass is 9.88. The van der Waals surface area contributed by atoms with E-state index < -0.39 is 0 Å². The second-order valence-electron chi connectivity index (χ2n) is 6.46. The van der Waals surface area contributed by atoms with Crippen LogP contribution in [0.3, 0.4) is 0 Å². The van der Waals surface area contributed by atoms with Gasteiger partial charge in [0.05, 0.1) is 0 Å². The molecule has 2 N–H and O–H groups in total. The number of hydrogen-bond acceptors (Lipinski definition) is 6. The van der Waals surface area contributed by atoms with Gasteiger partial charge in [0.25, 0.3) is 0 Å². The molecule has 2 heterocycles. The van der Waals surface area contributed by atoms with Crippen molar-refractivity contribution in [1.29, 1.82) is 0 Å². The molecule has 112 valence electrons. The summed E-state index contributed by atoms with van der Waals surface area (Å²) in [6.45, 7) is 10.8. The van der Waals surface area contributed by atoms with Crippen LogP contribution in [0.4, 0.5) is 17.8 Å². The zero-order valence-electron chi connectivity index (χ0n) is 13.2. The van der Waals surface area contributed by atoms with Gasteiger partial charge in [0.1, 0.15) is 0 Å². The highest BCUT2D eigenvalue weighted by Crippen LogP contribution is 2.23. The van der Waals surface area contributed by atoms with E-state index in [-0.39, 0.29) is 11.5 Å². The van der Waals surface area contributed by atoms with Gasteiger partial charge in [-0.1, -0.05) is 20.8 Å². The molecule has 6 heteroatoms. The van der Waals surface area contributed by atoms with Crippen LogP contribution in [0.1, 0.15) is 40.5 Å². The topological polar surface area (TPSA) is 66.0 Å². The van der Waals surface area contributed by atoms with E-state index in [4.69, 9.17) is 0 Å². The molecule has 0 saturated carbocycles.